The highest BCUT2D eigenvalue weighted by atomic mass is 16.7. The van der Waals surface area contributed by atoms with E-state index >= 15 is 0 Å². The van der Waals surface area contributed by atoms with Gasteiger partial charge in [0.05, 0.1) is 13.2 Å². The van der Waals surface area contributed by atoms with Crippen LogP contribution in [0.15, 0.2) is 0 Å². The molecule has 0 amide bonds. The van der Waals surface area contributed by atoms with E-state index in [1.165, 1.54) is 0 Å². The molecule has 0 bridgehead atoms. The predicted molar refractivity (Wildman–Crippen MR) is 104 cm³/mol. The number of aliphatic hydroxyl groups excluding tert-OH is 9. The lowest BCUT2D eigenvalue weighted by atomic mass is 10.0. The van der Waals surface area contributed by atoms with Crippen molar-refractivity contribution in [1.29, 1.82) is 0 Å². The first-order chi connectivity index (χ1) is 15.1. The number of rotatable bonds is 9. The van der Waals surface area contributed by atoms with Gasteiger partial charge in [-0.2, -0.15) is 0 Å². The van der Waals surface area contributed by atoms with Crippen LogP contribution in [0.4, 0.5) is 0 Å². The Hall–Kier alpha value is -0.520. The largest absolute Gasteiger partial charge is 0.394 e. The second-order valence-electron chi connectivity index (χ2n) is 8.10. The highest BCUT2D eigenvalue weighted by Gasteiger charge is 2.47. The van der Waals surface area contributed by atoms with Crippen LogP contribution in [0.25, 0.3) is 0 Å². The second-order valence-corrected chi connectivity index (χ2v) is 8.10. The highest BCUT2D eigenvalue weighted by molar-refractivity contribution is 4.93. The Labute approximate surface area is 185 Å². The SMILES string of the molecule is CCCCCO[C@H]1O[C@H](CO[C@H]2O[C@H](CO)[C@H](O)[C@H](O)[C@H](O)[C@@H]2O)[C@@H](O)[C@H](O)[C@H](O)[C@H]1O. The van der Waals surface area contributed by atoms with Crippen molar-refractivity contribution in [3.63, 3.8) is 0 Å². The molecule has 0 radical (unpaired) electrons. The lowest BCUT2D eigenvalue weighted by molar-refractivity contribution is -0.268. The van der Waals surface area contributed by atoms with E-state index in [0.717, 1.165) is 12.8 Å². The summed E-state index contributed by atoms with van der Waals surface area (Å²) >= 11 is 0. The van der Waals surface area contributed by atoms with E-state index in [1.54, 1.807) is 0 Å². The Morgan fingerprint density at radius 2 is 1.06 bits per heavy atom. The summed E-state index contributed by atoms with van der Waals surface area (Å²) < 4.78 is 21.6. The predicted octanol–water partition coefficient (Wildman–Crippen LogP) is -4.46. The summed E-state index contributed by atoms with van der Waals surface area (Å²) in [6, 6.07) is 0. The zero-order chi connectivity index (χ0) is 24.0. The number of unbranched alkanes of at least 4 members (excludes halogenated alkanes) is 2. The Kier molecular flexibility index (Phi) is 11.1. The fraction of sp³-hybridized carbons (Fsp3) is 1.00. The molecule has 2 aliphatic heterocycles. The summed E-state index contributed by atoms with van der Waals surface area (Å²) in [5.74, 6) is 0. The van der Waals surface area contributed by atoms with Crippen LogP contribution in [-0.2, 0) is 18.9 Å². The van der Waals surface area contributed by atoms with Gasteiger partial charge < -0.3 is 64.9 Å². The molecule has 2 rings (SSSR count). The van der Waals surface area contributed by atoms with E-state index in [0.29, 0.717) is 6.42 Å². The maximum Gasteiger partial charge on any atom is 0.186 e. The Morgan fingerprint density at radius 3 is 1.59 bits per heavy atom. The van der Waals surface area contributed by atoms with Crippen LogP contribution in [-0.4, -0.2) is 139 Å². The smallest absolute Gasteiger partial charge is 0.186 e. The normalized spacial score (nSPS) is 45.9. The van der Waals surface area contributed by atoms with Gasteiger partial charge in [0.2, 0.25) is 0 Å². The topological polar surface area (TPSA) is 219 Å². The lowest BCUT2D eigenvalue weighted by Crippen LogP contribution is -2.49. The van der Waals surface area contributed by atoms with Gasteiger partial charge >= 0.3 is 0 Å². The molecule has 2 aliphatic rings. The first kappa shape index (κ1) is 27.7. The van der Waals surface area contributed by atoms with Crippen LogP contribution in [0.2, 0.25) is 0 Å². The van der Waals surface area contributed by atoms with Gasteiger partial charge in [-0.3, -0.25) is 0 Å². The van der Waals surface area contributed by atoms with E-state index in [2.05, 4.69) is 0 Å². The second kappa shape index (κ2) is 12.8. The maximum atomic E-state index is 10.4. The average molecular weight is 472 g/mol. The van der Waals surface area contributed by atoms with E-state index < -0.39 is 86.8 Å². The summed E-state index contributed by atoms with van der Waals surface area (Å²) in [4.78, 5) is 0. The van der Waals surface area contributed by atoms with Crippen molar-refractivity contribution < 1.29 is 64.9 Å². The Balaban J connectivity index is 2.09. The monoisotopic (exact) mass is 472 g/mol. The minimum atomic E-state index is -1.88. The van der Waals surface area contributed by atoms with E-state index in [4.69, 9.17) is 18.9 Å². The standard InChI is InChI=1S/C19H36O13/c1-2-3-4-5-29-18-16(27)15(26)13(24)11(22)9(32-18)7-30-19-17(28)14(25)12(23)10(21)8(6-20)31-19/h8-28H,2-7H2,1H3/t8-,9-,10+,11-,12+,13+,14+,15+,16-,17+,18+,19+/m1/s1. The van der Waals surface area contributed by atoms with Gasteiger partial charge in [0.15, 0.2) is 12.6 Å². The number of ether oxygens (including phenoxy) is 4. The molecule has 13 nitrogen and oxygen atoms in total. The summed E-state index contributed by atoms with van der Waals surface area (Å²) in [7, 11) is 0. The van der Waals surface area contributed by atoms with Crippen molar-refractivity contribution in [2.45, 2.75) is 99.8 Å². The molecule has 2 heterocycles. The zero-order valence-corrected chi connectivity index (χ0v) is 17.8. The zero-order valence-electron chi connectivity index (χ0n) is 17.8. The Bertz CT molecular complexity index is 537. The molecule has 9 N–H and O–H groups in total. The van der Waals surface area contributed by atoms with E-state index in [9.17, 15) is 46.0 Å². The Morgan fingerprint density at radius 1 is 0.594 bits per heavy atom. The third kappa shape index (κ3) is 6.54. The van der Waals surface area contributed by atoms with Gasteiger partial charge in [-0.1, -0.05) is 19.8 Å². The van der Waals surface area contributed by atoms with Crippen molar-refractivity contribution in [3.05, 3.63) is 0 Å². The molecule has 12 atom stereocenters. The van der Waals surface area contributed by atoms with Gasteiger partial charge in [-0.25, -0.2) is 0 Å². The van der Waals surface area contributed by atoms with Gasteiger partial charge in [0, 0.05) is 6.61 Å². The summed E-state index contributed by atoms with van der Waals surface area (Å²) in [6.07, 6.45) is -17.7. The van der Waals surface area contributed by atoms with Crippen LogP contribution < -0.4 is 0 Å². The summed E-state index contributed by atoms with van der Waals surface area (Å²) in [6.45, 7) is 0.837. The summed E-state index contributed by atoms with van der Waals surface area (Å²) in [5.41, 5.74) is 0. The molecule has 2 saturated heterocycles. The van der Waals surface area contributed by atoms with Crippen LogP contribution in [0.1, 0.15) is 26.2 Å². The third-order valence-corrected chi connectivity index (χ3v) is 5.67. The molecule has 13 heteroatoms. The van der Waals surface area contributed by atoms with E-state index in [1.807, 2.05) is 6.92 Å². The van der Waals surface area contributed by atoms with Crippen molar-refractivity contribution in [2.75, 3.05) is 19.8 Å². The lowest BCUT2D eigenvalue weighted by Gasteiger charge is -2.30. The van der Waals surface area contributed by atoms with Crippen LogP contribution in [0.3, 0.4) is 0 Å². The van der Waals surface area contributed by atoms with E-state index in [-0.39, 0.29) is 6.61 Å². The maximum absolute atomic E-state index is 10.4. The first-order valence-electron chi connectivity index (χ1n) is 10.7. The van der Waals surface area contributed by atoms with Crippen LogP contribution in [0.5, 0.6) is 0 Å². The van der Waals surface area contributed by atoms with Crippen LogP contribution in [0, 0.1) is 0 Å². The molecule has 0 aromatic carbocycles. The van der Waals surface area contributed by atoms with Crippen molar-refractivity contribution in [3.8, 4) is 0 Å². The summed E-state index contributed by atoms with van der Waals surface area (Å²) in [5, 5.41) is 90.2. The molecular formula is C19H36O13. The molecular weight excluding hydrogens is 436 g/mol. The quantitative estimate of drug-likeness (QED) is 0.145. The third-order valence-electron chi connectivity index (χ3n) is 5.67. The molecule has 190 valence electrons. The fourth-order valence-corrected chi connectivity index (χ4v) is 3.54. The van der Waals surface area contributed by atoms with Gasteiger partial charge in [0.25, 0.3) is 0 Å². The minimum absolute atomic E-state index is 0.187. The molecule has 0 unspecified atom stereocenters. The molecule has 0 aliphatic carbocycles. The molecule has 32 heavy (non-hydrogen) atoms. The molecule has 0 aromatic rings. The average Bonchev–Trinajstić information content (AvgIpc) is 2.91. The molecule has 0 saturated carbocycles. The molecule has 0 aromatic heterocycles. The van der Waals surface area contributed by atoms with Gasteiger partial charge in [-0.05, 0) is 6.42 Å². The van der Waals surface area contributed by atoms with Crippen molar-refractivity contribution in [1.82, 2.24) is 0 Å². The van der Waals surface area contributed by atoms with Gasteiger partial charge in [-0.15, -0.1) is 0 Å². The fourth-order valence-electron chi connectivity index (χ4n) is 3.54. The molecule has 0 spiro atoms. The van der Waals surface area contributed by atoms with Crippen molar-refractivity contribution >= 4 is 0 Å². The van der Waals surface area contributed by atoms with Crippen LogP contribution >= 0.6 is 0 Å². The molecule has 2 fully saturated rings. The highest BCUT2D eigenvalue weighted by Crippen LogP contribution is 2.25. The number of hydrogen-bond acceptors (Lipinski definition) is 13. The minimum Gasteiger partial charge on any atom is -0.394 e. The first-order valence-corrected chi connectivity index (χ1v) is 10.7. The number of aliphatic hydroxyl groups is 9. The van der Waals surface area contributed by atoms with Gasteiger partial charge in [0.1, 0.15) is 61.0 Å². The number of hydrogen-bond donors (Lipinski definition) is 9. The van der Waals surface area contributed by atoms with Crippen molar-refractivity contribution in [2.24, 2.45) is 0 Å².